The molecule has 2 fully saturated rings. The van der Waals surface area contributed by atoms with E-state index in [-0.39, 0.29) is 17.2 Å². The van der Waals surface area contributed by atoms with Crippen LogP contribution in [0.3, 0.4) is 0 Å². The summed E-state index contributed by atoms with van der Waals surface area (Å²) in [5.74, 6) is 0.114. The molecule has 0 N–H and O–H groups in total. The Morgan fingerprint density at radius 1 is 1.08 bits per heavy atom. The van der Waals surface area contributed by atoms with Crippen molar-refractivity contribution < 1.29 is 9.59 Å². The second-order valence-corrected chi connectivity index (χ2v) is 7.63. The molecule has 2 saturated heterocycles. The van der Waals surface area contributed by atoms with Crippen LogP contribution < -0.4 is 4.90 Å². The average Bonchev–Trinajstić information content (AvgIpc) is 3.18. The van der Waals surface area contributed by atoms with E-state index in [0.29, 0.717) is 31.7 Å². The third-order valence-electron chi connectivity index (χ3n) is 5.50. The van der Waals surface area contributed by atoms with Crippen molar-refractivity contribution in [2.75, 3.05) is 24.5 Å². The van der Waals surface area contributed by atoms with Gasteiger partial charge in [0.2, 0.25) is 5.91 Å². The molecule has 134 valence electrons. The minimum absolute atomic E-state index is 0.0354. The van der Waals surface area contributed by atoms with Crippen molar-refractivity contribution in [3.63, 3.8) is 0 Å². The zero-order valence-electron chi connectivity index (χ0n) is 15.2. The maximum atomic E-state index is 12.8. The number of carbonyl (C=O) groups is 2. The third-order valence-corrected chi connectivity index (χ3v) is 5.50. The van der Waals surface area contributed by atoms with Gasteiger partial charge in [-0.15, -0.1) is 0 Å². The normalized spacial score (nSPS) is 22.5. The van der Waals surface area contributed by atoms with Crippen molar-refractivity contribution in [1.29, 1.82) is 0 Å². The molecule has 2 aliphatic heterocycles. The number of nitrogens with zero attached hydrogens (tertiary/aromatic N) is 3. The highest BCUT2D eigenvalue weighted by Crippen LogP contribution is 2.42. The first kappa shape index (κ1) is 16.8. The van der Waals surface area contributed by atoms with Gasteiger partial charge in [-0.1, -0.05) is 23.8 Å². The highest BCUT2D eigenvalue weighted by molar-refractivity contribution is 5.97. The van der Waals surface area contributed by atoms with Crippen LogP contribution in [0.25, 0.3) is 0 Å². The molecule has 3 heterocycles. The quantitative estimate of drug-likeness (QED) is 0.838. The van der Waals surface area contributed by atoms with E-state index in [9.17, 15) is 9.59 Å². The average molecular weight is 349 g/mol. The van der Waals surface area contributed by atoms with E-state index in [4.69, 9.17) is 0 Å². The SMILES string of the molecule is Cc1ccc(N2C[C@@]3(CCN(C(=O)c4cccc(C)n4)C3)CC2=O)cc1. The number of anilines is 1. The molecule has 4 rings (SSSR count). The first-order valence-electron chi connectivity index (χ1n) is 9.06. The van der Waals surface area contributed by atoms with Gasteiger partial charge in [0.05, 0.1) is 0 Å². The lowest BCUT2D eigenvalue weighted by atomic mass is 9.86. The van der Waals surface area contributed by atoms with Crippen LogP contribution in [0.5, 0.6) is 0 Å². The number of likely N-dealkylation sites (tertiary alicyclic amines) is 1. The van der Waals surface area contributed by atoms with E-state index in [2.05, 4.69) is 4.98 Å². The minimum Gasteiger partial charge on any atom is -0.337 e. The second-order valence-electron chi connectivity index (χ2n) is 7.63. The number of hydrogen-bond acceptors (Lipinski definition) is 3. The van der Waals surface area contributed by atoms with Gasteiger partial charge in [0.1, 0.15) is 5.69 Å². The van der Waals surface area contributed by atoms with Crippen molar-refractivity contribution in [3.05, 3.63) is 59.4 Å². The number of pyridine rings is 1. The van der Waals surface area contributed by atoms with Gasteiger partial charge in [-0.2, -0.15) is 0 Å². The topological polar surface area (TPSA) is 53.5 Å². The van der Waals surface area contributed by atoms with Crippen LogP contribution in [0.2, 0.25) is 0 Å². The lowest BCUT2D eigenvalue weighted by Gasteiger charge is -2.24. The van der Waals surface area contributed by atoms with Gasteiger partial charge in [-0.25, -0.2) is 4.98 Å². The van der Waals surface area contributed by atoms with Crippen molar-refractivity contribution >= 4 is 17.5 Å². The molecule has 0 bridgehead atoms. The van der Waals surface area contributed by atoms with Gasteiger partial charge >= 0.3 is 0 Å². The zero-order chi connectivity index (χ0) is 18.3. The maximum absolute atomic E-state index is 12.8. The number of aromatic nitrogens is 1. The smallest absolute Gasteiger partial charge is 0.272 e. The van der Waals surface area contributed by atoms with E-state index < -0.39 is 0 Å². The summed E-state index contributed by atoms with van der Waals surface area (Å²) in [6, 6.07) is 13.6. The highest BCUT2D eigenvalue weighted by atomic mass is 16.2. The van der Waals surface area contributed by atoms with Crippen LogP contribution in [0.15, 0.2) is 42.5 Å². The van der Waals surface area contributed by atoms with Crippen molar-refractivity contribution in [2.24, 2.45) is 5.41 Å². The van der Waals surface area contributed by atoms with Crippen LogP contribution in [-0.4, -0.2) is 41.3 Å². The third kappa shape index (κ3) is 2.98. The van der Waals surface area contributed by atoms with Gasteiger partial charge in [-0.05, 0) is 44.5 Å². The Balaban J connectivity index is 1.50. The maximum Gasteiger partial charge on any atom is 0.272 e. The molecule has 1 spiro atoms. The van der Waals surface area contributed by atoms with Gasteiger partial charge in [-0.3, -0.25) is 9.59 Å². The Morgan fingerprint density at radius 3 is 2.58 bits per heavy atom. The fraction of sp³-hybridized carbons (Fsp3) is 0.381. The first-order valence-corrected chi connectivity index (χ1v) is 9.06. The summed E-state index contributed by atoms with van der Waals surface area (Å²) < 4.78 is 0. The van der Waals surface area contributed by atoms with E-state index in [1.165, 1.54) is 5.56 Å². The number of amides is 2. The molecule has 2 aromatic rings. The van der Waals surface area contributed by atoms with Crippen LogP contribution in [-0.2, 0) is 4.79 Å². The van der Waals surface area contributed by atoms with Gasteiger partial charge in [0.25, 0.3) is 5.91 Å². The number of rotatable bonds is 2. The molecule has 1 atom stereocenters. The molecular formula is C21H23N3O2. The molecule has 26 heavy (non-hydrogen) atoms. The summed E-state index contributed by atoms with van der Waals surface area (Å²) in [6.45, 7) is 5.91. The van der Waals surface area contributed by atoms with Gasteiger partial charge < -0.3 is 9.80 Å². The van der Waals surface area contributed by atoms with Crippen LogP contribution >= 0.6 is 0 Å². The summed E-state index contributed by atoms with van der Waals surface area (Å²) in [4.78, 5) is 33.5. The Kier molecular flexibility index (Phi) is 4.02. The monoisotopic (exact) mass is 349 g/mol. The summed E-state index contributed by atoms with van der Waals surface area (Å²) in [6.07, 6.45) is 1.37. The second kappa shape index (κ2) is 6.24. The first-order chi connectivity index (χ1) is 12.5. The lowest BCUT2D eigenvalue weighted by Crippen LogP contribution is -2.34. The Morgan fingerprint density at radius 2 is 1.85 bits per heavy atom. The van der Waals surface area contributed by atoms with E-state index in [0.717, 1.165) is 17.8 Å². The van der Waals surface area contributed by atoms with Crippen LogP contribution in [0.1, 0.15) is 34.6 Å². The fourth-order valence-electron chi connectivity index (χ4n) is 4.06. The molecule has 2 amide bonds. The number of hydrogen-bond donors (Lipinski definition) is 0. The van der Waals surface area contributed by atoms with Crippen molar-refractivity contribution in [1.82, 2.24) is 9.88 Å². The van der Waals surface area contributed by atoms with Crippen molar-refractivity contribution in [3.8, 4) is 0 Å². The highest BCUT2D eigenvalue weighted by Gasteiger charge is 2.48. The van der Waals surface area contributed by atoms with Gasteiger partial charge in [0, 0.05) is 42.9 Å². The molecule has 0 saturated carbocycles. The van der Waals surface area contributed by atoms with Crippen LogP contribution in [0, 0.1) is 19.3 Å². The minimum atomic E-state index is -0.137. The number of carbonyl (C=O) groups excluding carboxylic acids is 2. The Labute approximate surface area is 153 Å². The summed E-state index contributed by atoms with van der Waals surface area (Å²) >= 11 is 0. The molecule has 5 heteroatoms. The Hall–Kier alpha value is -2.69. The Bertz CT molecular complexity index is 862. The predicted octanol–water partition coefficient (Wildman–Crippen LogP) is 2.97. The predicted molar refractivity (Wildman–Crippen MR) is 100 cm³/mol. The largest absolute Gasteiger partial charge is 0.337 e. The molecule has 2 aliphatic rings. The van der Waals surface area contributed by atoms with E-state index >= 15 is 0 Å². The standard InChI is InChI=1S/C21H23N3O2/c1-15-6-8-17(9-7-15)24-14-21(12-19(24)25)10-11-23(13-21)20(26)18-5-3-4-16(2)22-18/h3-9H,10-14H2,1-2H3/t21-/m0/s1. The summed E-state index contributed by atoms with van der Waals surface area (Å²) in [7, 11) is 0. The summed E-state index contributed by atoms with van der Waals surface area (Å²) in [5.41, 5.74) is 3.32. The van der Waals surface area contributed by atoms with Crippen molar-refractivity contribution in [2.45, 2.75) is 26.7 Å². The number of benzene rings is 1. The van der Waals surface area contributed by atoms with Crippen LogP contribution in [0.4, 0.5) is 5.69 Å². The fourth-order valence-corrected chi connectivity index (χ4v) is 4.06. The summed E-state index contributed by atoms with van der Waals surface area (Å²) in [5, 5.41) is 0. The molecule has 0 unspecified atom stereocenters. The molecular weight excluding hydrogens is 326 g/mol. The van der Waals surface area contributed by atoms with Gasteiger partial charge in [0.15, 0.2) is 0 Å². The van der Waals surface area contributed by atoms with E-state index in [1.807, 2.05) is 60.0 Å². The zero-order valence-corrected chi connectivity index (χ0v) is 15.2. The number of aryl methyl sites for hydroxylation is 2. The van der Waals surface area contributed by atoms with E-state index in [1.54, 1.807) is 6.07 Å². The molecule has 5 nitrogen and oxygen atoms in total. The lowest BCUT2D eigenvalue weighted by molar-refractivity contribution is -0.117. The molecule has 0 aliphatic carbocycles. The molecule has 1 aromatic carbocycles. The molecule has 1 aromatic heterocycles. The molecule has 0 radical (unpaired) electrons.